The third-order valence-electron chi connectivity index (χ3n) is 4.09. The molecule has 1 atom stereocenters. The lowest BCUT2D eigenvalue weighted by Crippen LogP contribution is -2.48. The van der Waals surface area contributed by atoms with Crippen LogP contribution in [-0.2, 0) is 4.74 Å². The summed E-state index contributed by atoms with van der Waals surface area (Å²) in [5.41, 5.74) is 2.16. The number of aliphatic hydroxyl groups is 1. The highest BCUT2D eigenvalue weighted by Crippen LogP contribution is 2.37. The van der Waals surface area contributed by atoms with E-state index in [0.717, 1.165) is 37.3 Å². The molecule has 134 valence electrons. The molecule has 0 bridgehead atoms. The molecule has 1 aromatic carbocycles. The number of hydrogen-bond donors (Lipinski definition) is 3. The molecular formula is C16H23Cl2N3O3. The van der Waals surface area contributed by atoms with E-state index >= 15 is 0 Å². The van der Waals surface area contributed by atoms with Crippen LogP contribution in [0.5, 0.6) is 0 Å². The van der Waals surface area contributed by atoms with Crippen molar-refractivity contribution >= 4 is 42.2 Å². The summed E-state index contributed by atoms with van der Waals surface area (Å²) in [7, 11) is 0. The number of fused-ring (bicyclic) bond motifs is 1. The molecule has 1 fully saturated rings. The van der Waals surface area contributed by atoms with Gasteiger partial charge in [0.05, 0.1) is 16.9 Å². The second kappa shape index (κ2) is 9.13. The molecule has 1 saturated heterocycles. The van der Waals surface area contributed by atoms with E-state index in [2.05, 4.69) is 17.2 Å². The van der Waals surface area contributed by atoms with Crippen molar-refractivity contribution in [2.24, 2.45) is 0 Å². The molecule has 3 rings (SSSR count). The lowest BCUT2D eigenvalue weighted by Gasteiger charge is -2.35. The summed E-state index contributed by atoms with van der Waals surface area (Å²) in [6.07, 6.45) is 2.76. The van der Waals surface area contributed by atoms with Crippen LogP contribution in [0.25, 0.3) is 0 Å². The predicted molar refractivity (Wildman–Crippen MR) is 99.4 cm³/mol. The molecule has 1 unspecified atom stereocenters. The Hall–Kier alpha value is -1.47. The predicted octanol–water partition coefficient (Wildman–Crippen LogP) is 2.13. The van der Waals surface area contributed by atoms with Gasteiger partial charge in [-0.15, -0.1) is 24.8 Å². The Morgan fingerprint density at radius 1 is 1.38 bits per heavy atom. The van der Waals surface area contributed by atoms with Crippen LogP contribution in [0.1, 0.15) is 23.2 Å². The maximum absolute atomic E-state index is 11.9. The van der Waals surface area contributed by atoms with Crippen molar-refractivity contribution in [2.75, 3.05) is 29.9 Å². The minimum absolute atomic E-state index is 0. The number of carbonyl (C=O) groups is 1. The maximum Gasteiger partial charge on any atom is 0.338 e. The zero-order valence-electron chi connectivity index (χ0n) is 13.2. The summed E-state index contributed by atoms with van der Waals surface area (Å²) in [6, 6.07) is 5.62. The topological polar surface area (TPSA) is 73.8 Å². The Kier molecular flexibility index (Phi) is 7.83. The van der Waals surface area contributed by atoms with E-state index in [4.69, 9.17) is 4.74 Å². The van der Waals surface area contributed by atoms with Crippen LogP contribution in [-0.4, -0.2) is 43.2 Å². The average molecular weight is 376 g/mol. The van der Waals surface area contributed by atoms with E-state index in [-0.39, 0.29) is 37.4 Å². The first-order valence-electron chi connectivity index (χ1n) is 7.56. The fraction of sp³-hybridized carbons (Fsp3) is 0.438. The number of nitrogens with one attached hydrogen (secondary N) is 2. The van der Waals surface area contributed by atoms with E-state index in [1.165, 1.54) is 6.08 Å². The number of benzene rings is 1. The first-order chi connectivity index (χ1) is 10.7. The molecule has 0 aliphatic carbocycles. The maximum atomic E-state index is 11.9. The zero-order chi connectivity index (χ0) is 15.5. The van der Waals surface area contributed by atoms with Gasteiger partial charge in [-0.05, 0) is 44.1 Å². The van der Waals surface area contributed by atoms with Gasteiger partial charge in [-0.3, -0.25) is 0 Å². The molecule has 0 saturated carbocycles. The van der Waals surface area contributed by atoms with Gasteiger partial charge < -0.3 is 25.4 Å². The Labute approximate surface area is 154 Å². The van der Waals surface area contributed by atoms with Crippen molar-refractivity contribution in [1.29, 1.82) is 0 Å². The van der Waals surface area contributed by atoms with Crippen molar-refractivity contribution in [3.63, 3.8) is 0 Å². The van der Waals surface area contributed by atoms with Crippen LogP contribution in [0.3, 0.4) is 0 Å². The molecule has 0 spiro atoms. The summed E-state index contributed by atoms with van der Waals surface area (Å²) in [5.74, 6) is -0.390. The van der Waals surface area contributed by atoms with Gasteiger partial charge in [-0.1, -0.05) is 12.7 Å². The van der Waals surface area contributed by atoms with Gasteiger partial charge in [0.2, 0.25) is 6.35 Å². The van der Waals surface area contributed by atoms with Crippen LogP contribution in [0.4, 0.5) is 11.4 Å². The second-order valence-corrected chi connectivity index (χ2v) is 5.53. The Morgan fingerprint density at radius 3 is 2.75 bits per heavy atom. The van der Waals surface area contributed by atoms with E-state index in [9.17, 15) is 9.90 Å². The zero-order valence-corrected chi connectivity index (χ0v) is 14.9. The van der Waals surface area contributed by atoms with Gasteiger partial charge >= 0.3 is 5.97 Å². The highest BCUT2D eigenvalue weighted by molar-refractivity contribution is 5.93. The number of piperidine rings is 1. The third-order valence-corrected chi connectivity index (χ3v) is 4.09. The highest BCUT2D eigenvalue weighted by atomic mass is 35.5. The number of hydrogen-bond acceptors (Lipinski definition) is 6. The number of carbonyl (C=O) groups excluding carboxylic acids is 1. The van der Waals surface area contributed by atoms with Gasteiger partial charge in [0, 0.05) is 6.04 Å². The van der Waals surface area contributed by atoms with Crippen molar-refractivity contribution in [3.8, 4) is 0 Å². The van der Waals surface area contributed by atoms with Gasteiger partial charge in [-0.2, -0.15) is 0 Å². The van der Waals surface area contributed by atoms with Crippen LogP contribution in [0.2, 0.25) is 0 Å². The van der Waals surface area contributed by atoms with Gasteiger partial charge in [0.1, 0.15) is 6.61 Å². The largest absolute Gasteiger partial charge is 0.458 e. The highest BCUT2D eigenvalue weighted by Gasteiger charge is 2.33. The summed E-state index contributed by atoms with van der Waals surface area (Å²) >= 11 is 0. The Morgan fingerprint density at radius 2 is 2.08 bits per heavy atom. The fourth-order valence-corrected chi connectivity index (χ4v) is 3.04. The minimum Gasteiger partial charge on any atom is -0.458 e. The number of rotatable bonds is 4. The molecule has 3 N–H and O–H groups in total. The normalized spacial score (nSPS) is 19.4. The molecule has 0 aromatic heterocycles. The molecule has 2 aliphatic rings. The Balaban J connectivity index is 0.00000144. The first kappa shape index (κ1) is 20.6. The van der Waals surface area contributed by atoms with Gasteiger partial charge in [-0.25, -0.2) is 4.79 Å². The van der Waals surface area contributed by atoms with Crippen LogP contribution < -0.4 is 15.5 Å². The summed E-state index contributed by atoms with van der Waals surface area (Å²) in [4.78, 5) is 13.9. The fourth-order valence-electron chi connectivity index (χ4n) is 3.04. The number of ether oxygens (including phenoxy) is 1. The van der Waals surface area contributed by atoms with E-state index in [1.54, 1.807) is 12.1 Å². The standard InChI is InChI=1S/C16H21N3O3.2ClH/c1-2-9-22-15(20)11-3-4-14-13(10-11)18-16(21)19(14)12-5-7-17-8-6-12;;/h2-4,10,12,16-18,21H,1,5-9H2;2*1H. The lowest BCUT2D eigenvalue weighted by atomic mass is 10.0. The van der Waals surface area contributed by atoms with Crippen molar-refractivity contribution in [3.05, 3.63) is 36.4 Å². The third kappa shape index (κ3) is 4.13. The van der Waals surface area contributed by atoms with Crippen LogP contribution in [0, 0.1) is 0 Å². The number of esters is 1. The molecule has 1 aromatic rings. The Bertz CT molecular complexity index is 580. The summed E-state index contributed by atoms with van der Waals surface area (Å²) in [6.45, 7) is 5.62. The van der Waals surface area contributed by atoms with E-state index in [0.29, 0.717) is 11.6 Å². The number of aliphatic hydroxyl groups excluding tert-OH is 1. The first-order valence-corrected chi connectivity index (χ1v) is 7.56. The number of halogens is 2. The molecule has 8 heteroatoms. The lowest BCUT2D eigenvalue weighted by molar-refractivity contribution is 0.0550. The van der Waals surface area contributed by atoms with E-state index < -0.39 is 6.35 Å². The molecule has 24 heavy (non-hydrogen) atoms. The van der Waals surface area contributed by atoms with Crippen LogP contribution in [0.15, 0.2) is 30.9 Å². The molecule has 0 amide bonds. The SMILES string of the molecule is C=CCOC(=O)c1ccc2c(c1)NC(O)N2C1CCNCC1.Cl.Cl. The van der Waals surface area contributed by atoms with E-state index in [1.807, 2.05) is 11.0 Å². The minimum atomic E-state index is -0.752. The second-order valence-electron chi connectivity index (χ2n) is 5.53. The van der Waals surface area contributed by atoms with Gasteiger partial charge in [0.25, 0.3) is 0 Å². The monoisotopic (exact) mass is 375 g/mol. The number of anilines is 2. The van der Waals surface area contributed by atoms with Crippen LogP contribution >= 0.6 is 24.8 Å². The molecule has 2 heterocycles. The van der Waals surface area contributed by atoms with Crippen molar-refractivity contribution in [2.45, 2.75) is 25.2 Å². The molecular weight excluding hydrogens is 353 g/mol. The average Bonchev–Trinajstić information content (AvgIpc) is 2.88. The van der Waals surface area contributed by atoms with Crippen molar-refractivity contribution < 1.29 is 14.6 Å². The molecule has 6 nitrogen and oxygen atoms in total. The molecule has 0 radical (unpaired) electrons. The smallest absolute Gasteiger partial charge is 0.338 e. The summed E-state index contributed by atoms with van der Waals surface area (Å²) in [5, 5.41) is 16.7. The molecule has 2 aliphatic heterocycles. The summed E-state index contributed by atoms with van der Waals surface area (Å²) < 4.78 is 5.04. The van der Waals surface area contributed by atoms with Gasteiger partial charge in [0.15, 0.2) is 0 Å². The van der Waals surface area contributed by atoms with Crippen molar-refractivity contribution in [1.82, 2.24) is 5.32 Å². The quantitative estimate of drug-likeness (QED) is 0.552. The number of nitrogens with zero attached hydrogens (tertiary/aromatic N) is 1.